The van der Waals surface area contributed by atoms with Gasteiger partial charge in [0.05, 0.1) is 22.5 Å². The van der Waals surface area contributed by atoms with Crippen molar-refractivity contribution in [3.63, 3.8) is 0 Å². The molecule has 13 heteroatoms. The van der Waals surface area contributed by atoms with Gasteiger partial charge in [-0.15, -0.1) is 0 Å². The van der Waals surface area contributed by atoms with Crippen LogP contribution in [0.15, 0.2) is 52.2 Å². The van der Waals surface area contributed by atoms with Crippen LogP contribution in [0.25, 0.3) is 5.57 Å². The highest BCUT2D eigenvalue weighted by atomic mass is 19.2. The van der Waals surface area contributed by atoms with Gasteiger partial charge < -0.3 is 23.4 Å². The van der Waals surface area contributed by atoms with E-state index in [2.05, 4.69) is 14.5 Å². The lowest BCUT2D eigenvalue weighted by Crippen LogP contribution is -2.19. The van der Waals surface area contributed by atoms with Gasteiger partial charge in [-0.1, -0.05) is 30.3 Å². The fraction of sp³-hybridized carbons (Fsp3) is 0.296. The van der Waals surface area contributed by atoms with Gasteiger partial charge in [0.15, 0.2) is 0 Å². The summed E-state index contributed by atoms with van der Waals surface area (Å²) < 4.78 is 49.3. The molecular weight excluding hydrogens is 529 g/mol. The molecule has 2 heterocycles. The molecule has 0 saturated carbocycles. The number of carbonyl (C=O) groups is 4. The predicted molar refractivity (Wildman–Crippen MR) is 140 cm³/mol. The van der Waals surface area contributed by atoms with E-state index in [1.165, 1.54) is 13.8 Å². The quantitative estimate of drug-likeness (QED) is 0.256. The Labute approximate surface area is 229 Å². The summed E-state index contributed by atoms with van der Waals surface area (Å²) in [4.78, 5) is 52.4. The van der Waals surface area contributed by atoms with Crippen LogP contribution in [0.4, 0.5) is 8.63 Å². The van der Waals surface area contributed by atoms with Gasteiger partial charge in [0, 0.05) is 30.8 Å². The zero-order chi connectivity index (χ0) is 29.7. The van der Waals surface area contributed by atoms with Crippen LogP contribution in [0.2, 0.25) is 0 Å². The molecule has 1 aromatic carbocycles. The van der Waals surface area contributed by atoms with E-state index in [4.69, 9.17) is 9.47 Å². The molecule has 0 unspecified atom stereocenters. The number of allylic oxidation sites excluding steroid dienone is 1. The minimum Gasteiger partial charge on any atom is -0.428 e. The van der Waals surface area contributed by atoms with E-state index in [1.54, 1.807) is 44.2 Å². The lowest BCUT2D eigenvalue weighted by Gasteiger charge is -2.16. The first-order chi connectivity index (χ1) is 18.9. The summed E-state index contributed by atoms with van der Waals surface area (Å²) in [5.41, 5.74) is 1.57. The fourth-order valence-electron chi connectivity index (χ4n) is 4.42. The molecule has 0 atom stereocenters. The van der Waals surface area contributed by atoms with Crippen molar-refractivity contribution in [1.82, 2.24) is 4.48 Å². The summed E-state index contributed by atoms with van der Waals surface area (Å²) in [6, 6.07) is 8.54. The molecular formula is C27H27BF2N2O8. The van der Waals surface area contributed by atoms with Gasteiger partial charge in [-0.2, -0.15) is 0 Å². The van der Waals surface area contributed by atoms with Crippen molar-refractivity contribution in [2.75, 3.05) is 13.6 Å². The highest BCUT2D eigenvalue weighted by molar-refractivity contribution is 6.42. The molecule has 0 radical (unpaired) electrons. The first-order valence-electron chi connectivity index (χ1n) is 12.0. The minimum absolute atomic E-state index is 0.0152. The van der Waals surface area contributed by atoms with Crippen LogP contribution < -0.4 is 0 Å². The van der Waals surface area contributed by atoms with Crippen LogP contribution in [-0.2, 0) is 33.3 Å². The van der Waals surface area contributed by atoms with Gasteiger partial charge in [-0.25, -0.2) is 9.59 Å². The number of hydrogen-bond donors (Lipinski definition) is 0. The molecule has 2 aromatic rings. The maximum absolute atomic E-state index is 14.6. The van der Waals surface area contributed by atoms with Gasteiger partial charge in [-0.3, -0.25) is 23.2 Å². The number of benzene rings is 1. The van der Waals surface area contributed by atoms with Gasteiger partial charge in [0.1, 0.15) is 0 Å². The molecule has 1 aliphatic heterocycles. The van der Waals surface area contributed by atoms with Crippen LogP contribution in [0.3, 0.4) is 0 Å². The molecule has 0 fully saturated rings. The number of esters is 4. The van der Waals surface area contributed by atoms with E-state index in [-0.39, 0.29) is 45.1 Å². The monoisotopic (exact) mass is 556 g/mol. The number of aliphatic imine (C=N–C) groups is 1. The second-order valence-corrected chi connectivity index (χ2v) is 8.74. The van der Waals surface area contributed by atoms with Crippen molar-refractivity contribution >= 4 is 42.6 Å². The van der Waals surface area contributed by atoms with E-state index < -0.39 is 44.9 Å². The SMILES string of the molecule is CC(=O)OCOC(=O)C1=C(C)/C(=C(\c2ccccc2)c2c(C)c(C(=O)OCOC(C)=O)c(C)n2B(F)F)N=C1C. The molecule has 0 aliphatic carbocycles. The molecule has 10 nitrogen and oxygen atoms in total. The third-order valence-corrected chi connectivity index (χ3v) is 6.11. The van der Waals surface area contributed by atoms with Crippen molar-refractivity contribution < 1.29 is 46.8 Å². The van der Waals surface area contributed by atoms with E-state index >= 15 is 0 Å². The second kappa shape index (κ2) is 12.5. The van der Waals surface area contributed by atoms with Crippen molar-refractivity contribution in [3.05, 3.63) is 75.3 Å². The van der Waals surface area contributed by atoms with E-state index in [1.807, 2.05) is 0 Å². The first-order valence-corrected chi connectivity index (χ1v) is 12.0. The minimum atomic E-state index is -3.06. The molecule has 0 N–H and O–H groups in total. The maximum atomic E-state index is 14.6. The summed E-state index contributed by atoms with van der Waals surface area (Å²) in [7, 11) is -3.06. The van der Waals surface area contributed by atoms with E-state index in [9.17, 15) is 27.8 Å². The number of aromatic nitrogens is 1. The highest BCUT2D eigenvalue weighted by Gasteiger charge is 2.36. The molecule has 3 rings (SSSR count). The fourth-order valence-corrected chi connectivity index (χ4v) is 4.42. The summed E-state index contributed by atoms with van der Waals surface area (Å²) in [6.07, 6.45) is 0. The average molecular weight is 556 g/mol. The Morgan fingerprint density at radius 2 is 1.40 bits per heavy atom. The lowest BCUT2D eigenvalue weighted by molar-refractivity contribution is -0.162. The molecule has 1 aromatic heterocycles. The molecule has 0 bridgehead atoms. The molecule has 0 spiro atoms. The van der Waals surface area contributed by atoms with E-state index in [0.717, 1.165) is 13.8 Å². The lowest BCUT2D eigenvalue weighted by atomic mass is 9.93. The van der Waals surface area contributed by atoms with Gasteiger partial charge in [0.25, 0.3) is 0 Å². The molecule has 1 aliphatic rings. The topological polar surface area (TPSA) is 122 Å². The normalized spacial score (nSPS) is 13.9. The number of rotatable bonds is 9. The largest absolute Gasteiger partial charge is 0.677 e. The predicted octanol–water partition coefficient (Wildman–Crippen LogP) is 4.17. The van der Waals surface area contributed by atoms with Gasteiger partial charge in [0.2, 0.25) is 13.6 Å². The Balaban J connectivity index is 2.26. The Kier molecular flexibility index (Phi) is 9.41. The Hall–Kier alpha value is -4.55. The zero-order valence-electron chi connectivity index (χ0n) is 22.8. The summed E-state index contributed by atoms with van der Waals surface area (Å²) >= 11 is 0. The van der Waals surface area contributed by atoms with Crippen molar-refractivity contribution in [3.8, 4) is 0 Å². The van der Waals surface area contributed by atoms with Crippen LogP contribution >= 0.6 is 0 Å². The second-order valence-electron chi connectivity index (χ2n) is 8.74. The van der Waals surface area contributed by atoms with Crippen LogP contribution in [0, 0.1) is 13.8 Å². The number of ether oxygens (including phenoxy) is 4. The van der Waals surface area contributed by atoms with Gasteiger partial charge >= 0.3 is 31.3 Å². The summed E-state index contributed by atoms with van der Waals surface area (Å²) in [5.74, 6) is -3.08. The third-order valence-electron chi connectivity index (χ3n) is 6.11. The number of halogens is 2. The zero-order valence-corrected chi connectivity index (χ0v) is 22.8. The van der Waals surface area contributed by atoms with Crippen molar-refractivity contribution in [1.29, 1.82) is 0 Å². The van der Waals surface area contributed by atoms with Gasteiger partial charge in [-0.05, 0) is 44.4 Å². The maximum Gasteiger partial charge on any atom is 0.677 e. The van der Waals surface area contributed by atoms with Crippen LogP contribution in [0.1, 0.15) is 60.6 Å². The van der Waals surface area contributed by atoms with Crippen molar-refractivity contribution in [2.24, 2.45) is 4.99 Å². The smallest absolute Gasteiger partial charge is 0.428 e. The molecule has 0 amide bonds. The molecule has 0 saturated heterocycles. The third kappa shape index (κ3) is 6.19. The highest BCUT2D eigenvalue weighted by Crippen LogP contribution is 2.40. The average Bonchev–Trinajstić information content (AvgIpc) is 3.31. The molecule has 40 heavy (non-hydrogen) atoms. The Morgan fingerprint density at radius 3 is 1.93 bits per heavy atom. The number of nitrogens with zero attached hydrogens (tertiary/aromatic N) is 2. The standard InChI is InChI=1S/C27H27BF2N2O8/c1-14-21(26(35)39-12-37-18(5)33)16(3)31-24(14)23(20-10-8-7-9-11-20)25-15(2)22(17(4)32(25)28(29)30)27(36)40-13-38-19(6)34/h7-11H,12-13H2,1-6H3/b24-23-. The Bertz CT molecular complexity index is 1460. The Morgan fingerprint density at radius 1 is 0.850 bits per heavy atom. The van der Waals surface area contributed by atoms with Crippen molar-refractivity contribution in [2.45, 2.75) is 41.5 Å². The summed E-state index contributed by atoms with van der Waals surface area (Å²) in [5, 5.41) is 0. The molecule has 210 valence electrons. The van der Waals surface area contributed by atoms with Crippen LogP contribution in [-0.4, -0.2) is 55.1 Å². The van der Waals surface area contributed by atoms with Crippen LogP contribution in [0.5, 0.6) is 0 Å². The summed E-state index contributed by atoms with van der Waals surface area (Å²) in [6.45, 7) is 7.00. The van der Waals surface area contributed by atoms with E-state index in [0.29, 0.717) is 15.6 Å². The first kappa shape index (κ1) is 30.0. The number of hydrogen-bond acceptors (Lipinski definition) is 9. The number of carbonyl (C=O) groups excluding carboxylic acids is 4.